The highest BCUT2D eigenvalue weighted by Crippen LogP contribution is 2.36. The Morgan fingerprint density at radius 1 is 1.15 bits per heavy atom. The molecule has 1 fully saturated rings. The van der Waals surface area contributed by atoms with Gasteiger partial charge in [-0.05, 0) is 24.3 Å². The SMILES string of the molecule is CNC(=O)C[C@@]1(C(=O)O)CC(=O)OB([C@@H](CC(=O)[C@H](Cc2ccccc2)NC(=O)c2cnccn2)CC(C)C)O1. The van der Waals surface area contributed by atoms with Gasteiger partial charge in [-0.25, -0.2) is 9.78 Å². The molecule has 1 aliphatic heterocycles. The second-order valence-electron chi connectivity index (χ2n) is 10.2. The Morgan fingerprint density at radius 3 is 2.48 bits per heavy atom. The maximum Gasteiger partial charge on any atom is 0.531 e. The van der Waals surface area contributed by atoms with Gasteiger partial charge in [0.2, 0.25) is 5.91 Å². The van der Waals surface area contributed by atoms with Gasteiger partial charge in [0.15, 0.2) is 11.4 Å². The number of carbonyl (C=O) groups excluding carboxylic acids is 4. The van der Waals surface area contributed by atoms with E-state index < -0.39 is 61.2 Å². The Kier molecular flexibility index (Phi) is 10.5. The summed E-state index contributed by atoms with van der Waals surface area (Å²) in [6, 6.07) is 8.14. The number of ketones is 1. The predicted octanol–water partition coefficient (Wildman–Crippen LogP) is 1.60. The lowest BCUT2D eigenvalue weighted by molar-refractivity contribution is -0.172. The number of carbonyl (C=O) groups is 5. The number of hydrogen-bond acceptors (Lipinski definition) is 9. The lowest BCUT2D eigenvalue weighted by atomic mass is 9.63. The summed E-state index contributed by atoms with van der Waals surface area (Å²) in [4.78, 5) is 71.4. The summed E-state index contributed by atoms with van der Waals surface area (Å²) in [5.41, 5.74) is -1.30. The summed E-state index contributed by atoms with van der Waals surface area (Å²) in [5.74, 6) is -4.63. The Hall–Kier alpha value is -4.13. The van der Waals surface area contributed by atoms with Crippen LogP contribution in [0, 0.1) is 5.92 Å². The van der Waals surface area contributed by atoms with Crippen molar-refractivity contribution < 1.29 is 38.4 Å². The van der Waals surface area contributed by atoms with Crippen molar-refractivity contribution in [3.05, 3.63) is 60.2 Å². The normalized spacial score (nSPS) is 18.4. The van der Waals surface area contributed by atoms with Crippen LogP contribution in [-0.4, -0.2) is 70.4 Å². The van der Waals surface area contributed by atoms with E-state index in [2.05, 4.69) is 20.6 Å². The van der Waals surface area contributed by atoms with Gasteiger partial charge in [-0.2, -0.15) is 0 Å². The molecule has 0 spiro atoms. The van der Waals surface area contributed by atoms with Crippen LogP contribution in [0.1, 0.15) is 55.6 Å². The number of benzene rings is 1. The smallest absolute Gasteiger partial charge is 0.509 e. The van der Waals surface area contributed by atoms with E-state index >= 15 is 0 Å². The van der Waals surface area contributed by atoms with E-state index in [4.69, 9.17) is 9.31 Å². The van der Waals surface area contributed by atoms with E-state index in [9.17, 15) is 29.1 Å². The van der Waals surface area contributed by atoms with E-state index in [0.717, 1.165) is 5.56 Å². The van der Waals surface area contributed by atoms with Gasteiger partial charge in [-0.15, -0.1) is 0 Å². The lowest BCUT2D eigenvalue weighted by Gasteiger charge is -2.38. The Labute approximate surface area is 232 Å². The van der Waals surface area contributed by atoms with Gasteiger partial charge in [-0.1, -0.05) is 44.2 Å². The van der Waals surface area contributed by atoms with Gasteiger partial charge in [0.25, 0.3) is 11.9 Å². The zero-order valence-corrected chi connectivity index (χ0v) is 22.7. The summed E-state index contributed by atoms with van der Waals surface area (Å²) in [7, 11) is -0.0414. The molecule has 1 aliphatic rings. The molecule has 212 valence electrons. The van der Waals surface area contributed by atoms with Crippen LogP contribution in [0.3, 0.4) is 0 Å². The molecule has 1 saturated heterocycles. The minimum absolute atomic E-state index is 0.0157. The number of nitrogens with one attached hydrogen (secondary N) is 2. The van der Waals surface area contributed by atoms with Crippen LogP contribution >= 0.6 is 0 Å². The predicted molar refractivity (Wildman–Crippen MR) is 143 cm³/mol. The maximum absolute atomic E-state index is 13.7. The summed E-state index contributed by atoms with van der Waals surface area (Å²) in [6.07, 6.45) is 3.16. The minimum atomic E-state index is -2.14. The van der Waals surface area contributed by atoms with Crippen molar-refractivity contribution in [3.8, 4) is 0 Å². The topological polar surface area (TPSA) is 174 Å². The molecule has 3 rings (SSSR count). The van der Waals surface area contributed by atoms with Crippen molar-refractivity contribution in [1.29, 1.82) is 0 Å². The average Bonchev–Trinajstić information content (AvgIpc) is 2.92. The fourth-order valence-corrected chi connectivity index (χ4v) is 4.58. The fraction of sp³-hybridized carbons (Fsp3) is 0.444. The lowest BCUT2D eigenvalue weighted by Crippen LogP contribution is -2.56. The molecule has 0 unspecified atom stereocenters. The molecule has 0 radical (unpaired) electrons. The fourth-order valence-electron chi connectivity index (χ4n) is 4.58. The van der Waals surface area contributed by atoms with Crippen LogP contribution in [0.2, 0.25) is 5.82 Å². The molecule has 40 heavy (non-hydrogen) atoms. The highest BCUT2D eigenvalue weighted by molar-refractivity contribution is 6.50. The van der Waals surface area contributed by atoms with E-state index in [1.54, 1.807) is 0 Å². The Morgan fingerprint density at radius 2 is 1.88 bits per heavy atom. The van der Waals surface area contributed by atoms with Crippen molar-refractivity contribution in [2.45, 2.75) is 63.4 Å². The molecule has 13 heteroatoms. The molecule has 2 amide bonds. The number of Topliss-reactive ketones (excluding diaryl/α,β-unsaturated/α-hetero) is 1. The highest BCUT2D eigenvalue weighted by atomic mass is 16.6. The number of nitrogens with zero attached hydrogens (tertiary/aromatic N) is 2. The average molecular weight is 552 g/mol. The number of carboxylic acids is 1. The summed E-state index contributed by atoms with van der Waals surface area (Å²) in [6.45, 7) is 3.79. The van der Waals surface area contributed by atoms with E-state index in [0.29, 0.717) is 6.42 Å². The number of amides is 2. The first kappa shape index (κ1) is 30.4. The van der Waals surface area contributed by atoms with Gasteiger partial charge in [0.1, 0.15) is 5.69 Å². The summed E-state index contributed by atoms with van der Waals surface area (Å²) < 4.78 is 11.2. The first-order valence-corrected chi connectivity index (χ1v) is 13.0. The molecule has 0 saturated carbocycles. The van der Waals surface area contributed by atoms with Crippen LogP contribution in [0.15, 0.2) is 48.9 Å². The summed E-state index contributed by atoms with van der Waals surface area (Å²) >= 11 is 0. The molecule has 1 aromatic heterocycles. The van der Waals surface area contributed by atoms with Gasteiger partial charge < -0.3 is 25.0 Å². The molecule has 3 atom stereocenters. The third-order valence-electron chi connectivity index (χ3n) is 6.53. The van der Waals surface area contributed by atoms with Crippen LogP contribution in [-0.2, 0) is 34.9 Å². The van der Waals surface area contributed by atoms with E-state index in [1.807, 2.05) is 44.2 Å². The van der Waals surface area contributed by atoms with Crippen molar-refractivity contribution in [3.63, 3.8) is 0 Å². The van der Waals surface area contributed by atoms with Crippen molar-refractivity contribution in [1.82, 2.24) is 20.6 Å². The molecule has 3 N–H and O–H groups in total. The Bertz CT molecular complexity index is 1210. The van der Waals surface area contributed by atoms with Gasteiger partial charge in [0, 0.05) is 31.7 Å². The standard InChI is InChI=1S/C27H33BN4O8/c1-17(2)11-19(28-39-24(35)15-27(40-28,26(37)38)14-23(34)29-3)13-22(33)20(12-18-7-5-4-6-8-18)32-25(36)21-16-30-9-10-31-21/h4-10,16-17,19-20H,11-15H2,1-3H3,(H,29,34)(H,32,36)(H,37,38)/t19-,20+,27+/m1/s1. The van der Waals surface area contributed by atoms with Gasteiger partial charge >= 0.3 is 13.1 Å². The Balaban J connectivity index is 1.88. The maximum atomic E-state index is 13.7. The zero-order chi connectivity index (χ0) is 29.3. The quantitative estimate of drug-likeness (QED) is 0.310. The molecular formula is C27H33BN4O8. The minimum Gasteiger partial charge on any atom is -0.509 e. The molecule has 2 heterocycles. The first-order valence-electron chi connectivity index (χ1n) is 13.0. The van der Waals surface area contributed by atoms with Crippen LogP contribution < -0.4 is 10.6 Å². The molecule has 0 bridgehead atoms. The number of carboxylic acid groups (broad SMARTS) is 1. The van der Waals surface area contributed by atoms with Crippen LogP contribution in [0.4, 0.5) is 0 Å². The number of aromatic nitrogens is 2. The largest absolute Gasteiger partial charge is 0.531 e. The van der Waals surface area contributed by atoms with Crippen LogP contribution in [0.25, 0.3) is 0 Å². The molecular weight excluding hydrogens is 519 g/mol. The second kappa shape index (κ2) is 13.8. The molecule has 0 aliphatic carbocycles. The molecule has 2 aromatic rings. The van der Waals surface area contributed by atoms with Crippen molar-refractivity contribution in [2.24, 2.45) is 5.92 Å². The first-order chi connectivity index (χ1) is 19.0. The van der Waals surface area contributed by atoms with Crippen molar-refractivity contribution in [2.75, 3.05) is 7.05 Å². The molecule has 1 aromatic carbocycles. The number of aliphatic carboxylic acids is 1. The second-order valence-corrected chi connectivity index (χ2v) is 10.2. The third kappa shape index (κ3) is 8.19. The van der Waals surface area contributed by atoms with Gasteiger partial charge in [-0.3, -0.25) is 24.2 Å². The third-order valence-corrected chi connectivity index (χ3v) is 6.53. The van der Waals surface area contributed by atoms with Gasteiger partial charge in [0.05, 0.1) is 25.1 Å². The van der Waals surface area contributed by atoms with Crippen LogP contribution in [0.5, 0.6) is 0 Å². The van der Waals surface area contributed by atoms with Crippen molar-refractivity contribution >= 4 is 36.7 Å². The highest BCUT2D eigenvalue weighted by Gasteiger charge is 2.54. The number of rotatable bonds is 13. The van der Waals surface area contributed by atoms with E-state index in [1.165, 1.54) is 25.6 Å². The summed E-state index contributed by atoms with van der Waals surface area (Å²) in [5, 5.41) is 15.0. The molecule has 12 nitrogen and oxygen atoms in total. The monoisotopic (exact) mass is 552 g/mol. The zero-order valence-electron chi connectivity index (χ0n) is 22.7. The number of hydrogen-bond donors (Lipinski definition) is 3. The van der Waals surface area contributed by atoms with E-state index in [-0.39, 0.29) is 30.2 Å².